The number of hydrogen-bond donors (Lipinski definition) is 2. The van der Waals surface area contributed by atoms with E-state index in [-0.39, 0.29) is 24.3 Å². The van der Waals surface area contributed by atoms with Gasteiger partial charge in [0.2, 0.25) is 0 Å². The van der Waals surface area contributed by atoms with Crippen molar-refractivity contribution < 1.29 is 9.59 Å². The first-order chi connectivity index (χ1) is 7.61. The number of amides is 4. The van der Waals surface area contributed by atoms with Gasteiger partial charge in [-0.2, -0.15) is 0 Å². The van der Waals surface area contributed by atoms with Crippen molar-refractivity contribution in [1.82, 2.24) is 14.5 Å². The highest BCUT2D eigenvalue weighted by Crippen LogP contribution is 2.26. The summed E-state index contributed by atoms with van der Waals surface area (Å²) in [6.45, 7) is 1.74. The molecule has 0 aromatic rings. The van der Waals surface area contributed by atoms with Crippen LogP contribution in [0.1, 0.15) is 39.0 Å². The molecule has 1 aliphatic heterocycles. The lowest BCUT2D eigenvalue weighted by atomic mass is 9.94. The Labute approximate surface area is 101 Å². The van der Waals surface area contributed by atoms with E-state index in [0.717, 1.165) is 25.7 Å². The Hall–Kier alpha value is -0.910. The molecule has 2 aliphatic rings. The lowest BCUT2D eigenvalue weighted by Gasteiger charge is -2.41. The fraction of sp³-hybridized carbons (Fsp3) is 0.800. The number of hydrogen-bond acceptors (Lipinski definition) is 3. The Morgan fingerprint density at radius 1 is 1.25 bits per heavy atom. The zero-order valence-corrected chi connectivity index (χ0v) is 10.2. The minimum atomic E-state index is -0.344. The number of carbonyl (C=O) groups excluding carboxylic acids is 2. The van der Waals surface area contributed by atoms with Crippen molar-refractivity contribution in [2.75, 3.05) is 0 Å². The molecule has 5 nitrogen and oxygen atoms in total. The first-order valence-electron chi connectivity index (χ1n) is 5.73. The SMILES string of the molecule is CC1NC(=O)N(C2CCCCC2)C(=O)N1S. The number of thiol groups is 1. The summed E-state index contributed by atoms with van der Waals surface area (Å²) < 4.78 is 1.27. The average Bonchev–Trinajstić information content (AvgIpc) is 2.28. The van der Waals surface area contributed by atoms with Gasteiger partial charge in [0.15, 0.2) is 0 Å². The molecule has 2 rings (SSSR count). The molecular formula is C10H17N3O2S. The third-order valence-electron chi connectivity index (χ3n) is 3.26. The number of nitrogens with one attached hydrogen (secondary N) is 1. The lowest BCUT2D eigenvalue weighted by molar-refractivity contribution is 0.118. The molecule has 2 fully saturated rings. The summed E-state index contributed by atoms with van der Waals surface area (Å²) >= 11 is 4.10. The second-order valence-corrected chi connectivity index (χ2v) is 4.85. The number of rotatable bonds is 1. The largest absolute Gasteiger partial charge is 0.340 e. The number of imide groups is 1. The highest BCUT2D eigenvalue weighted by molar-refractivity contribution is 7.78. The molecule has 1 saturated carbocycles. The monoisotopic (exact) mass is 243 g/mol. The number of carbonyl (C=O) groups is 2. The van der Waals surface area contributed by atoms with Gasteiger partial charge in [0.1, 0.15) is 6.17 Å². The molecule has 1 aliphatic carbocycles. The smallest absolute Gasteiger partial charge is 0.316 e. The van der Waals surface area contributed by atoms with Gasteiger partial charge >= 0.3 is 12.1 Å². The van der Waals surface area contributed by atoms with Crippen molar-refractivity contribution in [3.63, 3.8) is 0 Å². The van der Waals surface area contributed by atoms with Crippen LogP contribution in [0.2, 0.25) is 0 Å². The number of nitrogens with zero attached hydrogens (tertiary/aromatic N) is 2. The van der Waals surface area contributed by atoms with Crippen molar-refractivity contribution in [2.45, 2.75) is 51.2 Å². The molecule has 90 valence electrons. The molecular weight excluding hydrogens is 226 g/mol. The van der Waals surface area contributed by atoms with E-state index in [1.54, 1.807) is 6.92 Å². The Balaban J connectivity index is 2.12. The van der Waals surface area contributed by atoms with E-state index in [2.05, 4.69) is 18.1 Å². The highest BCUT2D eigenvalue weighted by Gasteiger charge is 2.39. The van der Waals surface area contributed by atoms with Gasteiger partial charge in [0, 0.05) is 6.04 Å². The lowest BCUT2D eigenvalue weighted by Crippen LogP contribution is -2.63. The predicted octanol–water partition coefficient (Wildman–Crippen LogP) is 1.96. The van der Waals surface area contributed by atoms with Gasteiger partial charge in [0.25, 0.3) is 0 Å². The van der Waals surface area contributed by atoms with Crippen molar-refractivity contribution in [3.8, 4) is 0 Å². The zero-order chi connectivity index (χ0) is 11.7. The predicted molar refractivity (Wildman–Crippen MR) is 62.9 cm³/mol. The van der Waals surface area contributed by atoms with E-state index >= 15 is 0 Å². The maximum atomic E-state index is 12.0. The molecule has 0 bridgehead atoms. The molecule has 16 heavy (non-hydrogen) atoms. The zero-order valence-electron chi connectivity index (χ0n) is 9.35. The molecule has 1 saturated heterocycles. The van der Waals surface area contributed by atoms with Gasteiger partial charge in [0.05, 0.1) is 0 Å². The molecule has 6 heteroatoms. The van der Waals surface area contributed by atoms with E-state index in [4.69, 9.17) is 0 Å². The molecule has 1 unspecified atom stereocenters. The van der Waals surface area contributed by atoms with Crippen LogP contribution in [0.25, 0.3) is 0 Å². The van der Waals surface area contributed by atoms with Crippen LogP contribution < -0.4 is 5.32 Å². The van der Waals surface area contributed by atoms with Crippen LogP contribution in [-0.2, 0) is 0 Å². The van der Waals surface area contributed by atoms with Gasteiger partial charge in [-0.05, 0) is 19.8 Å². The van der Waals surface area contributed by atoms with Crippen LogP contribution in [0, 0.1) is 0 Å². The highest BCUT2D eigenvalue weighted by atomic mass is 32.1. The van der Waals surface area contributed by atoms with Crippen molar-refractivity contribution in [2.24, 2.45) is 0 Å². The van der Waals surface area contributed by atoms with Crippen molar-refractivity contribution >= 4 is 24.9 Å². The van der Waals surface area contributed by atoms with Gasteiger partial charge in [-0.3, -0.25) is 0 Å². The maximum absolute atomic E-state index is 12.0. The van der Waals surface area contributed by atoms with E-state index in [1.807, 2.05) is 0 Å². The van der Waals surface area contributed by atoms with E-state index in [1.165, 1.54) is 15.6 Å². The third-order valence-corrected chi connectivity index (χ3v) is 3.78. The minimum absolute atomic E-state index is 0.0448. The molecule has 0 spiro atoms. The van der Waals surface area contributed by atoms with Gasteiger partial charge in [-0.15, -0.1) is 0 Å². The summed E-state index contributed by atoms with van der Waals surface area (Å²) in [6, 6.07) is -0.537. The van der Waals surface area contributed by atoms with Crippen LogP contribution in [-0.4, -0.2) is 33.5 Å². The van der Waals surface area contributed by atoms with Gasteiger partial charge < -0.3 is 5.32 Å². The van der Waals surface area contributed by atoms with E-state index in [0.29, 0.717) is 0 Å². The fourth-order valence-electron chi connectivity index (χ4n) is 2.33. The minimum Gasteiger partial charge on any atom is -0.316 e. The summed E-state index contributed by atoms with van der Waals surface area (Å²) in [6.07, 6.45) is 4.85. The quantitative estimate of drug-likeness (QED) is 0.692. The van der Waals surface area contributed by atoms with E-state index < -0.39 is 0 Å². The Bertz CT molecular complexity index is 304. The Morgan fingerprint density at radius 2 is 1.88 bits per heavy atom. The van der Waals surface area contributed by atoms with Crippen LogP contribution in [0.3, 0.4) is 0 Å². The summed E-state index contributed by atoms with van der Waals surface area (Å²) in [5.41, 5.74) is 0. The summed E-state index contributed by atoms with van der Waals surface area (Å²) in [5, 5.41) is 2.72. The average molecular weight is 243 g/mol. The van der Waals surface area contributed by atoms with Gasteiger partial charge in [-0.25, -0.2) is 18.8 Å². The number of urea groups is 2. The standard InChI is InChI=1S/C10H17N3O2S/c1-7-11-9(14)12(10(15)13(7)16)8-5-3-2-4-6-8/h7-8,16H,2-6H2,1H3,(H,11,14). The van der Waals surface area contributed by atoms with Crippen molar-refractivity contribution in [1.29, 1.82) is 0 Å². The molecule has 4 amide bonds. The topological polar surface area (TPSA) is 52.7 Å². The van der Waals surface area contributed by atoms with E-state index in [9.17, 15) is 9.59 Å². The van der Waals surface area contributed by atoms with Crippen LogP contribution in [0.15, 0.2) is 0 Å². The third kappa shape index (κ3) is 1.98. The molecule has 0 aromatic heterocycles. The van der Waals surface area contributed by atoms with Crippen LogP contribution >= 0.6 is 12.8 Å². The molecule has 0 aromatic carbocycles. The van der Waals surface area contributed by atoms with Gasteiger partial charge in [-0.1, -0.05) is 32.1 Å². The summed E-state index contributed by atoms with van der Waals surface area (Å²) in [5.74, 6) is 0. The fourth-order valence-corrected chi connectivity index (χ4v) is 2.49. The molecule has 1 heterocycles. The van der Waals surface area contributed by atoms with Crippen LogP contribution in [0.4, 0.5) is 9.59 Å². The molecule has 1 N–H and O–H groups in total. The first-order valence-corrected chi connectivity index (χ1v) is 6.13. The first kappa shape index (κ1) is 11.6. The van der Waals surface area contributed by atoms with Crippen molar-refractivity contribution in [3.05, 3.63) is 0 Å². The maximum Gasteiger partial charge on any atom is 0.340 e. The van der Waals surface area contributed by atoms with Crippen LogP contribution in [0.5, 0.6) is 0 Å². The summed E-state index contributed by atoms with van der Waals surface area (Å²) in [7, 11) is 0. The second-order valence-electron chi connectivity index (χ2n) is 4.41. The Kier molecular flexibility index (Phi) is 3.28. The second kappa shape index (κ2) is 4.53. The molecule has 0 radical (unpaired) electrons. The summed E-state index contributed by atoms with van der Waals surface area (Å²) in [4.78, 5) is 25.1. The Morgan fingerprint density at radius 3 is 2.50 bits per heavy atom. The molecule has 1 atom stereocenters. The normalized spacial score (nSPS) is 28.2.